The zero-order chi connectivity index (χ0) is 12.1. The van der Waals surface area contributed by atoms with Gasteiger partial charge in [0.05, 0.1) is 26.4 Å². The van der Waals surface area contributed by atoms with Gasteiger partial charge in [-0.2, -0.15) is 0 Å². The zero-order valence-corrected chi connectivity index (χ0v) is 9.81. The third kappa shape index (κ3) is 3.16. The van der Waals surface area contributed by atoms with Crippen LogP contribution in [-0.4, -0.2) is 25.9 Å². The van der Waals surface area contributed by atoms with E-state index < -0.39 is 0 Å². The van der Waals surface area contributed by atoms with Crippen molar-refractivity contribution in [3.05, 3.63) is 29.8 Å². The van der Waals surface area contributed by atoms with E-state index in [1.54, 1.807) is 0 Å². The standard InChI is InChI=1S/C13H15NO3/c1-13(7-16-8-13)9-17-12-4-2-11(3-5-12)6-14-10-15/h2-5H,6-9H2,1H3. The van der Waals surface area contributed by atoms with Crippen LogP contribution in [0.2, 0.25) is 0 Å². The van der Waals surface area contributed by atoms with E-state index in [0.717, 1.165) is 24.5 Å². The van der Waals surface area contributed by atoms with Gasteiger partial charge in [0, 0.05) is 5.41 Å². The van der Waals surface area contributed by atoms with Crippen molar-refractivity contribution in [2.24, 2.45) is 10.4 Å². The quantitative estimate of drug-likeness (QED) is 0.576. The highest BCUT2D eigenvalue weighted by molar-refractivity contribution is 5.34. The molecular weight excluding hydrogens is 218 g/mol. The lowest BCUT2D eigenvalue weighted by Gasteiger charge is -2.37. The molecule has 1 aromatic carbocycles. The second-order valence-corrected chi connectivity index (χ2v) is 4.64. The van der Waals surface area contributed by atoms with Gasteiger partial charge < -0.3 is 9.47 Å². The Hall–Kier alpha value is -1.64. The van der Waals surface area contributed by atoms with Crippen LogP contribution in [0.3, 0.4) is 0 Å². The van der Waals surface area contributed by atoms with Gasteiger partial charge in [-0.1, -0.05) is 19.1 Å². The number of rotatable bonds is 5. The Labute approximate surface area is 100 Å². The van der Waals surface area contributed by atoms with E-state index in [1.807, 2.05) is 24.3 Å². The first-order valence-corrected chi connectivity index (χ1v) is 5.55. The minimum absolute atomic E-state index is 0.153. The number of hydrogen-bond acceptors (Lipinski definition) is 4. The largest absolute Gasteiger partial charge is 0.493 e. The molecule has 2 rings (SSSR count). The van der Waals surface area contributed by atoms with Crippen LogP contribution < -0.4 is 4.74 Å². The molecule has 4 heteroatoms. The molecule has 4 nitrogen and oxygen atoms in total. The molecule has 0 spiro atoms. The maximum absolute atomic E-state index is 9.97. The van der Waals surface area contributed by atoms with Crippen LogP contribution in [0.1, 0.15) is 12.5 Å². The van der Waals surface area contributed by atoms with Crippen molar-refractivity contribution in [3.63, 3.8) is 0 Å². The first-order chi connectivity index (χ1) is 8.22. The first kappa shape index (κ1) is 11.8. The van der Waals surface area contributed by atoms with Gasteiger partial charge in [0.2, 0.25) is 6.08 Å². The Kier molecular flexibility index (Phi) is 3.57. The normalized spacial score (nSPS) is 16.8. The maximum atomic E-state index is 9.97. The summed E-state index contributed by atoms with van der Waals surface area (Å²) in [6.07, 6.45) is 1.52. The van der Waals surface area contributed by atoms with E-state index in [4.69, 9.17) is 9.47 Å². The van der Waals surface area contributed by atoms with E-state index in [1.165, 1.54) is 6.08 Å². The second kappa shape index (κ2) is 5.13. The molecule has 0 N–H and O–H groups in total. The maximum Gasteiger partial charge on any atom is 0.235 e. The van der Waals surface area contributed by atoms with Crippen molar-refractivity contribution in [3.8, 4) is 5.75 Å². The van der Waals surface area contributed by atoms with Crippen LogP contribution in [0.25, 0.3) is 0 Å². The third-order valence-electron chi connectivity index (χ3n) is 2.74. The van der Waals surface area contributed by atoms with E-state index in [0.29, 0.717) is 13.2 Å². The second-order valence-electron chi connectivity index (χ2n) is 4.64. The SMILES string of the molecule is CC1(COc2ccc(CN=C=O)cc2)COC1. The molecule has 0 bridgehead atoms. The van der Waals surface area contributed by atoms with Crippen molar-refractivity contribution < 1.29 is 14.3 Å². The van der Waals surface area contributed by atoms with E-state index in [-0.39, 0.29) is 5.41 Å². The average Bonchev–Trinajstić information content (AvgIpc) is 2.33. The molecule has 1 fully saturated rings. The molecule has 0 radical (unpaired) electrons. The van der Waals surface area contributed by atoms with Crippen molar-refractivity contribution in [1.82, 2.24) is 0 Å². The van der Waals surface area contributed by atoms with Gasteiger partial charge >= 0.3 is 0 Å². The van der Waals surface area contributed by atoms with Crippen LogP contribution in [0, 0.1) is 5.41 Å². The Morgan fingerprint density at radius 3 is 2.65 bits per heavy atom. The van der Waals surface area contributed by atoms with Crippen LogP contribution in [0.15, 0.2) is 29.3 Å². The Morgan fingerprint density at radius 2 is 2.12 bits per heavy atom. The molecule has 0 amide bonds. The average molecular weight is 233 g/mol. The summed E-state index contributed by atoms with van der Waals surface area (Å²) >= 11 is 0. The molecule has 1 aromatic rings. The predicted molar refractivity (Wildman–Crippen MR) is 62.7 cm³/mol. The Balaban J connectivity index is 1.87. The highest BCUT2D eigenvalue weighted by Gasteiger charge is 2.34. The third-order valence-corrected chi connectivity index (χ3v) is 2.74. The smallest absolute Gasteiger partial charge is 0.235 e. The molecule has 0 saturated carbocycles. The van der Waals surface area contributed by atoms with Gasteiger partial charge in [0.1, 0.15) is 5.75 Å². The fourth-order valence-corrected chi connectivity index (χ4v) is 1.61. The van der Waals surface area contributed by atoms with Gasteiger partial charge in [-0.15, -0.1) is 0 Å². The van der Waals surface area contributed by atoms with Crippen LogP contribution in [0.4, 0.5) is 0 Å². The van der Waals surface area contributed by atoms with Crippen molar-refractivity contribution in [1.29, 1.82) is 0 Å². The first-order valence-electron chi connectivity index (χ1n) is 5.55. The number of aliphatic imine (C=N–C) groups is 1. The summed E-state index contributed by atoms with van der Waals surface area (Å²) in [5.41, 5.74) is 1.12. The van der Waals surface area contributed by atoms with E-state index in [9.17, 15) is 4.79 Å². The van der Waals surface area contributed by atoms with Gasteiger partial charge in [0.15, 0.2) is 0 Å². The number of benzene rings is 1. The van der Waals surface area contributed by atoms with Gasteiger partial charge in [-0.05, 0) is 17.7 Å². The molecular formula is C13H15NO3. The molecule has 0 aromatic heterocycles. The topological polar surface area (TPSA) is 47.9 Å². The van der Waals surface area contributed by atoms with Gasteiger partial charge in [-0.3, -0.25) is 0 Å². The molecule has 1 saturated heterocycles. The summed E-state index contributed by atoms with van der Waals surface area (Å²) in [6, 6.07) is 7.57. The molecule has 1 heterocycles. The van der Waals surface area contributed by atoms with Crippen LogP contribution >= 0.6 is 0 Å². The number of ether oxygens (including phenoxy) is 2. The molecule has 0 aliphatic carbocycles. The number of carbonyl (C=O) groups excluding carboxylic acids is 1. The highest BCUT2D eigenvalue weighted by atomic mass is 16.5. The zero-order valence-electron chi connectivity index (χ0n) is 9.81. The lowest BCUT2D eigenvalue weighted by Crippen LogP contribution is -2.44. The molecule has 0 unspecified atom stereocenters. The summed E-state index contributed by atoms with van der Waals surface area (Å²) in [7, 11) is 0. The summed E-state index contributed by atoms with van der Waals surface area (Å²) < 4.78 is 10.8. The minimum atomic E-state index is 0.153. The predicted octanol–water partition coefficient (Wildman–Crippen LogP) is 1.94. The van der Waals surface area contributed by atoms with Crippen LogP contribution in [0.5, 0.6) is 5.75 Å². The Morgan fingerprint density at radius 1 is 1.41 bits per heavy atom. The molecule has 1 aliphatic rings. The summed E-state index contributed by atoms with van der Waals surface area (Å²) in [4.78, 5) is 13.5. The van der Waals surface area contributed by atoms with Gasteiger partial charge in [-0.25, -0.2) is 9.79 Å². The number of hydrogen-bond donors (Lipinski definition) is 0. The molecule has 1 aliphatic heterocycles. The summed E-state index contributed by atoms with van der Waals surface area (Å²) in [5, 5.41) is 0. The van der Waals surface area contributed by atoms with Gasteiger partial charge in [0.25, 0.3) is 0 Å². The van der Waals surface area contributed by atoms with Crippen LogP contribution in [-0.2, 0) is 16.1 Å². The summed E-state index contributed by atoms with van der Waals surface area (Å²) in [5.74, 6) is 0.831. The fraction of sp³-hybridized carbons (Fsp3) is 0.462. The van der Waals surface area contributed by atoms with E-state index >= 15 is 0 Å². The highest BCUT2D eigenvalue weighted by Crippen LogP contribution is 2.27. The van der Waals surface area contributed by atoms with Crippen molar-refractivity contribution in [2.75, 3.05) is 19.8 Å². The number of nitrogens with zero attached hydrogens (tertiary/aromatic N) is 1. The number of isocyanates is 1. The fourth-order valence-electron chi connectivity index (χ4n) is 1.61. The molecule has 90 valence electrons. The molecule has 17 heavy (non-hydrogen) atoms. The van der Waals surface area contributed by atoms with Crippen molar-refractivity contribution >= 4 is 6.08 Å². The van der Waals surface area contributed by atoms with Crippen molar-refractivity contribution in [2.45, 2.75) is 13.5 Å². The molecule has 0 atom stereocenters. The Bertz CT molecular complexity index is 417. The monoisotopic (exact) mass is 233 g/mol. The lowest BCUT2D eigenvalue weighted by molar-refractivity contribution is -0.120. The van der Waals surface area contributed by atoms with E-state index in [2.05, 4.69) is 11.9 Å². The lowest BCUT2D eigenvalue weighted by atomic mass is 9.90. The minimum Gasteiger partial charge on any atom is -0.493 e. The summed E-state index contributed by atoms with van der Waals surface area (Å²) in [6.45, 7) is 4.70.